The third-order valence-corrected chi connectivity index (χ3v) is 5.76. The number of aryl methyl sites for hydroxylation is 1. The molecule has 1 unspecified atom stereocenters. The number of carboxylic acids is 1. The molecule has 1 fully saturated rings. The molecule has 2 N–H and O–H groups in total. The lowest BCUT2D eigenvalue weighted by molar-refractivity contribution is -0.115. The lowest BCUT2D eigenvalue weighted by Crippen LogP contribution is -2.42. The Morgan fingerprint density at radius 2 is 2.03 bits per heavy atom. The Kier molecular flexibility index (Phi) is 5.26. The monoisotopic (exact) mass is 425 g/mol. The number of aromatic carboxylic acids is 1. The number of carbonyl (C=O) groups excluding carboxylic acids is 2. The number of rotatable bonds is 5. The fourth-order valence-corrected chi connectivity index (χ4v) is 3.98. The van der Waals surface area contributed by atoms with Crippen LogP contribution in [0, 0.1) is 0 Å². The summed E-state index contributed by atoms with van der Waals surface area (Å²) in [5.41, 5.74) is 1.40. The summed E-state index contributed by atoms with van der Waals surface area (Å²) in [6.45, 7) is 2.30. The summed E-state index contributed by atoms with van der Waals surface area (Å²) in [7, 11) is 0. The van der Waals surface area contributed by atoms with E-state index in [9.17, 15) is 14.4 Å². The zero-order valence-electron chi connectivity index (χ0n) is 16.1. The first kappa shape index (κ1) is 20.0. The standard InChI is InChI=1S/C22H19NO6S/c1-22(9-8-14-11-15(20(25)26)4-7-17(14)29-22)12-28-16-5-2-13(3-6-16)10-18-19(24)23-21(27)30-18/h2-7,10-11H,8-9,12H2,1H3,(H,25,26)(H,23,24,27). The molecule has 0 aromatic heterocycles. The van der Waals surface area contributed by atoms with E-state index in [4.69, 9.17) is 14.6 Å². The smallest absolute Gasteiger partial charge is 0.335 e. The van der Waals surface area contributed by atoms with Crippen molar-refractivity contribution in [3.63, 3.8) is 0 Å². The molecule has 2 amide bonds. The molecule has 1 saturated heterocycles. The minimum absolute atomic E-state index is 0.255. The quantitative estimate of drug-likeness (QED) is 0.701. The van der Waals surface area contributed by atoms with Crippen molar-refractivity contribution in [1.29, 1.82) is 0 Å². The highest BCUT2D eigenvalue weighted by molar-refractivity contribution is 8.18. The van der Waals surface area contributed by atoms with E-state index in [0.717, 1.165) is 22.9 Å². The largest absolute Gasteiger partial charge is 0.489 e. The Morgan fingerprint density at radius 1 is 1.27 bits per heavy atom. The normalized spacial score (nSPS) is 21.7. The van der Waals surface area contributed by atoms with Gasteiger partial charge >= 0.3 is 5.97 Å². The van der Waals surface area contributed by atoms with Crippen molar-refractivity contribution in [2.24, 2.45) is 0 Å². The molecule has 2 aliphatic rings. The zero-order valence-corrected chi connectivity index (χ0v) is 17.0. The fraction of sp³-hybridized carbons (Fsp3) is 0.227. The number of imide groups is 1. The molecule has 0 saturated carbocycles. The molecule has 2 aromatic carbocycles. The molecule has 0 spiro atoms. The Bertz CT molecular complexity index is 1060. The average molecular weight is 425 g/mol. The zero-order chi connectivity index (χ0) is 21.3. The molecular weight excluding hydrogens is 406 g/mol. The first-order chi connectivity index (χ1) is 14.3. The summed E-state index contributed by atoms with van der Waals surface area (Å²) in [4.78, 5) is 34.3. The van der Waals surface area contributed by atoms with Crippen molar-refractivity contribution >= 4 is 35.0 Å². The number of carbonyl (C=O) groups is 3. The fourth-order valence-electron chi connectivity index (χ4n) is 3.29. The van der Waals surface area contributed by atoms with E-state index in [1.54, 1.807) is 30.3 Å². The molecule has 7 nitrogen and oxygen atoms in total. The molecule has 2 aromatic rings. The van der Waals surface area contributed by atoms with Crippen LogP contribution in [0.15, 0.2) is 47.4 Å². The number of amides is 2. The van der Waals surface area contributed by atoms with Gasteiger partial charge in [0.1, 0.15) is 23.7 Å². The van der Waals surface area contributed by atoms with Gasteiger partial charge in [-0.1, -0.05) is 12.1 Å². The van der Waals surface area contributed by atoms with Crippen LogP contribution >= 0.6 is 11.8 Å². The lowest BCUT2D eigenvalue weighted by Gasteiger charge is -2.35. The predicted octanol–water partition coefficient (Wildman–Crippen LogP) is 3.87. The van der Waals surface area contributed by atoms with Gasteiger partial charge in [-0.05, 0) is 79.1 Å². The molecule has 154 valence electrons. The van der Waals surface area contributed by atoms with Crippen molar-refractivity contribution in [2.75, 3.05) is 6.61 Å². The predicted molar refractivity (Wildman–Crippen MR) is 112 cm³/mol. The lowest BCUT2D eigenvalue weighted by atomic mass is 9.92. The van der Waals surface area contributed by atoms with Crippen LogP contribution in [0.2, 0.25) is 0 Å². The molecule has 4 rings (SSSR count). The first-order valence-electron chi connectivity index (χ1n) is 9.34. The van der Waals surface area contributed by atoms with Gasteiger partial charge in [-0.15, -0.1) is 0 Å². The van der Waals surface area contributed by atoms with E-state index in [1.807, 2.05) is 19.1 Å². The van der Waals surface area contributed by atoms with Crippen molar-refractivity contribution in [3.8, 4) is 11.5 Å². The topological polar surface area (TPSA) is 102 Å². The molecular formula is C22H19NO6S. The number of fused-ring (bicyclic) bond motifs is 1. The Balaban J connectivity index is 1.39. The van der Waals surface area contributed by atoms with Crippen LogP contribution in [-0.4, -0.2) is 34.4 Å². The molecule has 1 atom stereocenters. The highest BCUT2D eigenvalue weighted by Crippen LogP contribution is 2.34. The summed E-state index contributed by atoms with van der Waals surface area (Å²) in [6.07, 6.45) is 3.07. The second kappa shape index (κ2) is 7.87. The molecule has 0 radical (unpaired) electrons. The first-order valence-corrected chi connectivity index (χ1v) is 10.2. The highest BCUT2D eigenvalue weighted by atomic mass is 32.2. The molecule has 0 aliphatic carbocycles. The van der Waals surface area contributed by atoms with E-state index in [1.165, 1.54) is 6.07 Å². The van der Waals surface area contributed by atoms with Gasteiger partial charge in [0.15, 0.2) is 0 Å². The van der Waals surface area contributed by atoms with E-state index in [2.05, 4.69) is 5.32 Å². The van der Waals surface area contributed by atoms with Crippen LogP contribution in [0.25, 0.3) is 6.08 Å². The maximum Gasteiger partial charge on any atom is 0.335 e. The minimum atomic E-state index is -0.952. The van der Waals surface area contributed by atoms with E-state index in [0.29, 0.717) is 35.9 Å². The maximum absolute atomic E-state index is 11.6. The van der Waals surface area contributed by atoms with Gasteiger partial charge in [0.2, 0.25) is 0 Å². The van der Waals surface area contributed by atoms with Crippen molar-refractivity contribution < 1.29 is 29.0 Å². The molecule has 30 heavy (non-hydrogen) atoms. The van der Waals surface area contributed by atoms with Crippen LogP contribution in [0.5, 0.6) is 11.5 Å². The Morgan fingerprint density at radius 3 is 2.70 bits per heavy atom. The Hall–Kier alpha value is -3.26. The third kappa shape index (κ3) is 4.33. The van der Waals surface area contributed by atoms with Gasteiger partial charge in [-0.3, -0.25) is 14.9 Å². The number of ether oxygens (including phenoxy) is 2. The third-order valence-electron chi connectivity index (χ3n) is 4.95. The SMILES string of the molecule is CC1(COc2ccc(C=C3SC(=O)NC3=O)cc2)CCc2cc(C(=O)O)ccc2O1. The number of nitrogens with one attached hydrogen (secondary N) is 1. The summed E-state index contributed by atoms with van der Waals surface area (Å²) >= 11 is 0.879. The second-order valence-electron chi connectivity index (χ2n) is 7.39. The van der Waals surface area contributed by atoms with Crippen LogP contribution in [0.3, 0.4) is 0 Å². The van der Waals surface area contributed by atoms with E-state index >= 15 is 0 Å². The summed E-state index contributed by atoms with van der Waals surface area (Å²) in [5, 5.41) is 11.0. The van der Waals surface area contributed by atoms with Gasteiger partial charge in [-0.2, -0.15) is 0 Å². The van der Waals surface area contributed by atoms with Crippen LogP contribution in [0.4, 0.5) is 4.79 Å². The van der Waals surface area contributed by atoms with Crippen molar-refractivity contribution in [2.45, 2.75) is 25.4 Å². The van der Waals surface area contributed by atoms with Gasteiger partial charge in [-0.25, -0.2) is 4.79 Å². The van der Waals surface area contributed by atoms with Gasteiger partial charge in [0.05, 0.1) is 10.5 Å². The molecule has 8 heteroatoms. The average Bonchev–Trinajstić information content (AvgIpc) is 3.03. The van der Waals surface area contributed by atoms with Crippen molar-refractivity contribution in [3.05, 3.63) is 64.1 Å². The molecule has 2 aliphatic heterocycles. The van der Waals surface area contributed by atoms with Crippen molar-refractivity contribution in [1.82, 2.24) is 5.32 Å². The van der Waals surface area contributed by atoms with E-state index < -0.39 is 11.6 Å². The molecule has 2 heterocycles. The van der Waals surface area contributed by atoms with Crippen LogP contribution < -0.4 is 14.8 Å². The number of hydrogen-bond donors (Lipinski definition) is 2. The maximum atomic E-state index is 11.6. The number of thioether (sulfide) groups is 1. The van der Waals surface area contributed by atoms with Gasteiger partial charge in [0, 0.05) is 0 Å². The Labute approximate surface area is 177 Å². The van der Waals surface area contributed by atoms with Crippen LogP contribution in [-0.2, 0) is 11.2 Å². The van der Waals surface area contributed by atoms with Crippen LogP contribution in [0.1, 0.15) is 34.8 Å². The minimum Gasteiger partial charge on any atom is -0.489 e. The molecule has 0 bridgehead atoms. The summed E-state index contributed by atoms with van der Waals surface area (Å²) in [5.74, 6) is 0.00517. The van der Waals surface area contributed by atoms with Gasteiger partial charge in [0.25, 0.3) is 11.1 Å². The highest BCUT2D eigenvalue weighted by Gasteiger charge is 2.33. The van der Waals surface area contributed by atoms with Gasteiger partial charge < -0.3 is 14.6 Å². The number of hydrogen-bond acceptors (Lipinski definition) is 6. The summed E-state index contributed by atoms with van der Waals surface area (Å²) < 4.78 is 12.0. The number of carboxylic acid groups (broad SMARTS) is 1. The van der Waals surface area contributed by atoms with E-state index in [-0.39, 0.29) is 16.7 Å². The summed E-state index contributed by atoms with van der Waals surface area (Å²) in [6, 6.07) is 12.1. The second-order valence-corrected chi connectivity index (χ2v) is 8.40. The number of benzene rings is 2.